The molecule has 2 amide bonds. The number of amides is 2. The van der Waals surface area contributed by atoms with Crippen molar-refractivity contribution in [3.63, 3.8) is 0 Å². The van der Waals surface area contributed by atoms with Crippen LogP contribution in [-0.4, -0.2) is 47.8 Å². The van der Waals surface area contributed by atoms with Crippen molar-refractivity contribution in [1.29, 1.82) is 0 Å². The van der Waals surface area contributed by atoms with Gasteiger partial charge in [-0.05, 0) is 43.9 Å². The summed E-state index contributed by atoms with van der Waals surface area (Å²) in [6, 6.07) is 14.9. The molecule has 2 aromatic carbocycles. The molecule has 2 fully saturated rings. The minimum atomic E-state index is -0.0413. The molecule has 2 heterocycles. The summed E-state index contributed by atoms with van der Waals surface area (Å²) in [4.78, 5) is 30.1. The van der Waals surface area contributed by atoms with E-state index in [-0.39, 0.29) is 17.7 Å². The Bertz CT molecular complexity index is 932. The van der Waals surface area contributed by atoms with Gasteiger partial charge in [0.2, 0.25) is 5.91 Å². The number of ether oxygens (including phenoxy) is 1. The van der Waals surface area contributed by atoms with Crippen molar-refractivity contribution in [2.75, 3.05) is 26.2 Å². The van der Waals surface area contributed by atoms with Gasteiger partial charge in [-0.2, -0.15) is 0 Å². The van der Waals surface area contributed by atoms with Crippen LogP contribution in [0.15, 0.2) is 48.5 Å². The molecule has 2 aliphatic heterocycles. The number of halogens is 1. The summed E-state index contributed by atoms with van der Waals surface area (Å²) < 4.78 is 5.97. The van der Waals surface area contributed by atoms with Crippen molar-refractivity contribution < 1.29 is 14.3 Å². The number of para-hydroxylation sites is 1. The van der Waals surface area contributed by atoms with Crippen LogP contribution >= 0.6 is 11.6 Å². The number of benzene rings is 2. The first-order valence-corrected chi connectivity index (χ1v) is 12.0. The van der Waals surface area contributed by atoms with Gasteiger partial charge in [0.05, 0.1) is 5.56 Å². The third-order valence-electron chi connectivity index (χ3n) is 6.51. The normalized spacial score (nSPS) is 17.7. The smallest absolute Gasteiger partial charge is 0.257 e. The largest absolute Gasteiger partial charge is 0.488 e. The van der Waals surface area contributed by atoms with Crippen molar-refractivity contribution in [3.8, 4) is 5.75 Å². The van der Waals surface area contributed by atoms with Gasteiger partial charge in [0.1, 0.15) is 12.4 Å². The lowest BCUT2D eigenvalue weighted by molar-refractivity contribution is -0.136. The van der Waals surface area contributed by atoms with Crippen LogP contribution in [0.5, 0.6) is 5.75 Å². The van der Waals surface area contributed by atoms with E-state index in [2.05, 4.69) is 0 Å². The summed E-state index contributed by atoms with van der Waals surface area (Å²) in [5.41, 5.74) is 1.43. The second kappa shape index (κ2) is 10.9. The van der Waals surface area contributed by atoms with E-state index in [0.29, 0.717) is 36.0 Å². The number of rotatable bonds is 5. The number of hydrogen-bond donors (Lipinski definition) is 0. The summed E-state index contributed by atoms with van der Waals surface area (Å²) in [5.74, 6) is 0.826. The Balaban J connectivity index is 1.36. The number of hydrogen-bond acceptors (Lipinski definition) is 3. The Kier molecular flexibility index (Phi) is 7.69. The molecule has 6 heteroatoms. The Morgan fingerprint density at radius 3 is 2.22 bits per heavy atom. The summed E-state index contributed by atoms with van der Waals surface area (Å²) in [6.45, 7) is 3.27. The van der Waals surface area contributed by atoms with Crippen LogP contribution in [0.1, 0.15) is 54.4 Å². The average molecular weight is 455 g/mol. The Morgan fingerprint density at radius 2 is 1.50 bits per heavy atom. The minimum Gasteiger partial charge on any atom is -0.488 e. The highest BCUT2D eigenvalue weighted by Crippen LogP contribution is 2.27. The maximum Gasteiger partial charge on any atom is 0.257 e. The van der Waals surface area contributed by atoms with Crippen LogP contribution in [0, 0.1) is 5.92 Å². The molecule has 2 aliphatic rings. The van der Waals surface area contributed by atoms with E-state index in [1.807, 2.05) is 52.3 Å². The van der Waals surface area contributed by atoms with E-state index >= 15 is 0 Å². The highest BCUT2D eigenvalue weighted by molar-refractivity contribution is 6.31. The van der Waals surface area contributed by atoms with Gasteiger partial charge in [0.25, 0.3) is 5.91 Å². The highest BCUT2D eigenvalue weighted by atomic mass is 35.5. The van der Waals surface area contributed by atoms with E-state index in [1.165, 1.54) is 12.8 Å². The van der Waals surface area contributed by atoms with Gasteiger partial charge in [-0.15, -0.1) is 0 Å². The zero-order chi connectivity index (χ0) is 22.3. The molecule has 0 spiro atoms. The zero-order valence-corrected chi connectivity index (χ0v) is 19.2. The first kappa shape index (κ1) is 22.7. The summed E-state index contributed by atoms with van der Waals surface area (Å²) >= 11 is 6.23. The van der Waals surface area contributed by atoms with Crippen LogP contribution in [0.4, 0.5) is 0 Å². The molecular weight excluding hydrogens is 424 g/mol. The van der Waals surface area contributed by atoms with Gasteiger partial charge in [0.15, 0.2) is 0 Å². The zero-order valence-electron chi connectivity index (χ0n) is 18.5. The molecular formula is C26H31ClN2O3. The SMILES string of the molecule is O=C(c1ccccc1OCc1ccccc1Cl)N1CCC(C(=O)N2CCCCCC2)CC1. The van der Waals surface area contributed by atoms with Gasteiger partial charge in [-0.25, -0.2) is 0 Å². The predicted octanol–water partition coefficient (Wildman–Crippen LogP) is 5.17. The number of nitrogens with zero attached hydrogens (tertiary/aromatic N) is 2. The Hall–Kier alpha value is -2.53. The van der Waals surface area contributed by atoms with Gasteiger partial charge in [-0.3, -0.25) is 9.59 Å². The van der Waals surface area contributed by atoms with Gasteiger partial charge < -0.3 is 14.5 Å². The monoisotopic (exact) mass is 454 g/mol. The van der Waals surface area contributed by atoms with Crippen molar-refractivity contribution in [3.05, 3.63) is 64.7 Å². The van der Waals surface area contributed by atoms with E-state index in [1.54, 1.807) is 6.07 Å². The molecule has 0 aliphatic carbocycles. The first-order chi connectivity index (χ1) is 15.6. The van der Waals surface area contributed by atoms with Crippen LogP contribution in [0.2, 0.25) is 5.02 Å². The fourth-order valence-electron chi connectivity index (χ4n) is 4.59. The van der Waals surface area contributed by atoms with Crippen molar-refractivity contribution in [2.45, 2.75) is 45.1 Å². The molecule has 0 atom stereocenters. The first-order valence-electron chi connectivity index (χ1n) is 11.7. The fraction of sp³-hybridized carbons (Fsp3) is 0.462. The third kappa shape index (κ3) is 5.44. The standard InChI is InChI=1S/C26H31ClN2O3/c27-23-11-5-3-9-21(23)19-32-24-12-6-4-10-22(24)26(31)29-17-13-20(14-18-29)25(30)28-15-7-1-2-8-16-28/h3-6,9-12,20H,1-2,7-8,13-19H2. The van der Waals surface area contributed by atoms with Gasteiger partial charge >= 0.3 is 0 Å². The molecule has 0 unspecified atom stereocenters. The number of carbonyl (C=O) groups is 2. The molecule has 32 heavy (non-hydrogen) atoms. The lowest BCUT2D eigenvalue weighted by atomic mass is 9.94. The molecule has 0 saturated carbocycles. The lowest BCUT2D eigenvalue weighted by Crippen LogP contribution is -2.44. The molecule has 0 bridgehead atoms. The molecule has 2 aromatic rings. The van der Waals surface area contributed by atoms with Crippen LogP contribution in [-0.2, 0) is 11.4 Å². The van der Waals surface area contributed by atoms with E-state index in [0.717, 1.165) is 44.3 Å². The van der Waals surface area contributed by atoms with Crippen molar-refractivity contribution in [2.24, 2.45) is 5.92 Å². The minimum absolute atomic E-state index is 0.0314. The molecule has 0 radical (unpaired) electrons. The summed E-state index contributed by atoms with van der Waals surface area (Å²) in [5, 5.41) is 0.646. The molecule has 170 valence electrons. The molecule has 0 N–H and O–H groups in total. The van der Waals surface area contributed by atoms with Gasteiger partial charge in [0, 0.05) is 42.7 Å². The second-order valence-corrected chi connectivity index (χ2v) is 9.09. The second-order valence-electron chi connectivity index (χ2n) is 8.68. The lowest BCUT2D eigenvalue weighted by Gasteiger charge is -2.34. The third-order valence-corrected chi connectivity index (χ3v) is 6.88. The average Bonchev–Trinajstić information content (AvgIpc) is 3.13. The van der Waals surface area contributed by atoms with Gasteiger partial charge in [-0.1, -0.05) is 54.8 Å². The Morgan fingerprint density at radius 1 is 0.844 bits per heavy atom. The van der Waals surface area contributed by atoms with Crippen LogP contribution in [0.25, 0.3) is 0 Å². The predicted molar refractivity (Wildman–Crippen MR) is 126 cm³/mol. The fourth-order valence-corrected chi connectivity index (χ4v) is 4.78. The summed E-state index contributed by atoms with van der Waals surface area (Å²) in [6.07, 6.45) is 6.10. The maximum absolute atomic E-state index is 13.2. The molecule has 5 nitrogen and oxygen atoms in total. The Labute approximate surface area is 195 Å². The topological polar surface area (TPSA) is 49.9 Å². The van der Waals surface area contributed by atoms with E-state index in [9.17, 15) is 9.59 Å². The molecule has 4 rings (SSSR count). The number of likely N-dealkylation sites (tertiary alicyclic amines) is 2. The van der Waals surface area contributed by atoms with Crippen molar-refractivity contribution >= 4 is 23.4 Å². The molecule has 0 aromatic heterocycles. The van der Waals surface area contributed by atoms with Crippen molar-refractivity contribution in [1.82, 2.24) is 9.80 Å². The molecule has 2 saturated heterocycles. The quantitative estimate of drug-likeness (QED) is 0.625. The van der Waals surface area contributed by atoms with E-state index in [4.69, 9.17) is 16.3 Å². The highest BCUT2D eigenvalue weighted by Gasteiger charge is 2.31. The van der Waals surface area contributed by atoms with Crippen LogP contribution < -0.4 is 4.74 Å². The maximum atomic E-state index is 13.2. The summed E-state index contributed by atoms with van der Waals surface area (Å²) in [7, 11) is 0. The number of carbonyl (C=O) groups excluding carboxylic acids is 2. The van der Waals surface area contributed by atoms with E-state index < -0.39 is 0 Å². The number of piperidine rings is 1. The van der Waals surface area contributed by atoms with Crippen LogP contribution in [0.3, 0.4) is 0 Å².